The zero-order valence-corrected chi connectivity index (χ0v) is 13.8. The molecule has 0 aromatic heterocycles. The van der Waals surface area contributed by atoms with E-state index in [1.54, 1.807) is 41.1 Å². The molecule has 0 saturated carbocycles. The van der Waals surface area contributed by atoms with Crippen molar-refractivity contribution in [2.75, 3.05) is 38.5 Å². The minimum atomic E-state index is -0.593. The van der Waals surface area contributed by atoms with Gasteiger partial charge < -0.3 is 10.2 Å². The Bertz CT molecular complexity index is 529. The molecule has 0 spiro atoms. The average molecular weight is 320 g/mol. The minimum Gasteiger partial charge on any atom is -0.342 e. The Kier molecular flexibility index (Phi) is 7.76. The van der Waals surface area contributed by atoms with Gasteiger partial charge in [0.15, 0.2) is 0 Å². The third kappa shape index (κ3) is 6.92. The van der Waals surface area contributed by atoms with Crippen molar-refractivity contribution in [3.05, 3.63) is 30.3 Å². The molecule has 0 aliphatic carbocycles. The first kappa shape index (κ1) is 18.6. The molecule has 1 aromatic carbocycles. The molecule has 1 aromatic rings. The summed E-state index contributed by atoms with van der Waals surface area (Å²) in [7, 11) is 1.66. The van der Waals surface area contributed by atoms with Crippen LogP contribution in [0.1, 0.15) is 13.8 Å². The molecule has 1 rings (SSSR count). The van der Waals surface area contributed by atoms with E-state index in [4.69, 9.17) is 0 Å². The van der Waals surface area contributed by atoms with Crippen LogP contribution in [0.15, 0.2) is 30.3 Å². The van der Waals surface area contributed by atoms with E-state index in [1.165, 1.54) is 0 Å². The van der Waals surface area contributed by atoms with E-state index in [0.29, 0.717) is 18.8 Å². The van der Waals surface area contributed by atoms with Gasteiger partial charge >= 0.3 is 6.03 Å². The quantitative estimate of drug-likeness (QED) is 0.789. The molecule has 0 bridgehead atoms. The second-order valence-corrected chi connectivity index (χ2v) is 5.11. The SMILES string of the molecule is CCN(CC)C(=O)CN(C)CC(=O)NC(=O)Nc1ccccc1. The second kappa shape index (κ2) is 9.58. The van der Waals surface area contributed by atoms with Crippen LogP contribution in [0.4, 0.5) is 10.5 Å². The van der Waals surface area contributed by atoms with Crippen LogP contribution >= 0.6 is 0 Å². The van der Waals surface area contributed by atoms with E-state index in [1.807, 2.05) is 19.9 Å². The summed E-state index contributed by atoms with van der Waals surface area (Å²) in [6.07, 6.45) is 0. The highest BCUT2D eigenvalue weighted by atomic mass is 16.2. The smallest absolute Gasteiger partial charge is 0.325 e. The van der Waals surface area contributed by atoms with Gasteiger partial charge in [0, 0.05) is 18.8 Å². The largest absolute Gasteiger partial charge is 0.342 e. The first-order valence-electron chi connectivity index (χ1n) is 7.58. The Morgan fingerprint density at radius 2 is 1.61 bits per heavy atom. The molecule has 0 aliphatic rings. The molecule has 0 aliphatic heterocycles. The summed E-state index contributed by atoms with van der Waals surface area (Å²) >= 11 is 0. The third-order valence-corrected chi connectivity index (χ3v) is 3.22. The molecule has 0 fully saturated rings. The van der Waals surface area contributed by atoms with Crippen LogP contribution < -0.4 is 10.6 Å². The van der Waals surface area contributed by atoms with E-state index in [9.17, 15) is 14.4 Å². The number of carbonyl (C=O) groups is 3. The number of likely N-dealkylation sites (N-methyl/N-ethyl adjacent to an activating group) is 2. The molecule has 4 amide bonds. The monoisotopic (exact) mass is 320 g/mol. The normalized spacial score (nSPS) is 10.3. The van der Waals surface area contributed by atoms with Gasteiger partial charge in [-0.15, -0.1) is 0 Å². The number of amides is 4. The van der Waals surface area contributed by atoms with Crippen LogP contribution in [0.5, 0.6) is 0 Å². The number of anilines is 1. The Hall–Kier alpha value is -2.41. The van der Waals surface area contributed by atoms with Gasteiger partial charge in [-0.3, -0.25) is 19.8 Å². The molecule has 7 heteroatoms. The van der Waals surface area contributed by atoms with Crippen molar-refractivity contribution in [2.45, 2.75) is 13.8 Å². The van der Waals surface area contributed by atoms with Crippen LogP contribution in [0, 0.1) is 0 Å². The Morgan fingerprint density at radius 1 is 1.00 bits per heavy atom. The number of benzene rings is 1. The fraction of sp³-hybridized carbons (Fsp3) is 0.438. The van der Waals surface area contributed by atoms with Crippen LogP contribution in [-0.4, -0.2) is 60.9 Å². The van der Waals surface area contributed by atoms with E-state index in [2.05, 4.69) is 10.6 Å². The number of para-hydroxylation sites is 1. The van der Waals surface area contributed by atoms with Gasteiger partial charge in [-0.05, 0) is 33.0 Å². The van der Waals surface area contributed by atoms with Gasteiger partial charge in [-0.2, -0.15) is 0 Å². The summed E-state index contributed by atoms with van der Waals surface area (Å²) in [4.78, 5) is 38.7. The van der Waals surface area contributed by atoms with Gasteiger partial charge in [0.05, 0.1) is 13.1 Å². The molecule has 7 nitrogen and oxygen atoms in total. The van der Waals surface area contributed by atoms with Crippen molar-refractivity contribution in [1.29, 1.82) is 0 Å². The fourth-order valence-electron chi connectivity index (χ4n) is 2.06. The molecule has 126 valence electrons. The van der Waals surface area contributed by atoms with Gasteiger partial charge in [0.1, 0.15) is 0 Å². The van der Waals surface area contributed by atoms with E-state index in [0.717, 1.165) is 0 Å². The van der Waals surface area contributed by atoms with Crippen LogP contribution in [0.25, 0.3) is 0 Å². The summed E-state index contributed by atoms with van der Waals surface area (Å²) in [5, 5.41) is 4.79. The maximum absolute atomic E-state index is 11.9. The molecular weight excluding hydrogens is 296 g/mol. The van der Waals surface area contributed by atoms with Crippen molar-refractivity contribution in [1.82, 2.24) is 15.1 Å². The van der Waals surface area contributed by atoms with Crippen molar-refractivity contribution in [3.63, 3.8) is 0 Å². The first-order valence-corrected chi connectivity index (χ1v) is 7.58. The van der Waals surface area contributed by atoms with E-state index in [-0.39, 0.29) is 19.0 Å². The Balaban J connectivity index is 2.37. The molecule has 0 heterocycles. The van der Waals surface area contributed by atoms with Crippen LogP contribution in [0.2, 0.25) is 0 Å². The minimum absolute atomic E-state index is 0.0325. The third-order valence-electron chi connectivity index (χ3n) is 3.22. The predicted molar refractivity (Wildman–Crippen MR) is 89.0 cm³/mol. The fourth-order valence-corrected chi connectivity index (χ4v) is 2.06. The van der Waals surface area contributed by atoms with E-state index < -0.39 is 11.9 Å². The number of urea groups is 1. The standard InChI is InChI=1S/C16H24N4O3/c1-4-20(5-2)15(22)12-19(3)11-14(21)18-16(23)17-13-9-7-6-8-10-13/h6-10H,4-5,11-12H2,1-3H3,(H2,17,18,21,23). The zero-order valence-electron chi connectivity index (χ0n) is 13.8. The number of imide groups is 1. The highest BCUT2D eigenvalue weighted by Crippen LogP contribution is 2.04. The summed E-state index contributed by atoms with van der Waals surface area (Å²) in [6, 6.07) is 8.24. The van der Waals surface area contributed by atoms with Crippen LogP contribution in [-0.2, 0) is 9.59 Å². The number of nitrogens with zero attached hydrogens (tertiary/aromatic N) is 2. The summed E-state index contributed by atoms with van der Waals surface area (Å²) in [5.74, 6) is -0.507. The highest BCUT2D eigenvalue weighted by molar-refractivity contribution is 6.01. The maximum Gasteiger partial charge on any atom is 0.325 e. The lowest BCUT2D eigenvalue weighted by molar-refractivity contribution is -0.132. The summed E-state index contributed by atoms with van der Waals surface area (Å²) < 4.78 is 0. The van der Waals surface area contributed by atoms with Gasteiger partial charge in [-0.25, -0.2) is 4.79 Å². The average Bonchev–Trinajstić information content (AvgIpc) is 2.48. The summed E-state index contributed by atoms with van der Waals surface area (Å²) in [6.45, 7) is 5.18. The zero-order chi connectivity index (χ0) is 17.2. The molecule has 23 heavy (non-hydrogen) atoms. The number of carbonyl (C=O) groups excluding carboxylic acids is 3. The lowest BCUT2D eigenvalue weighted by atomic mass is 10.3. The van der Waals surface area contributed by atoms with Crippen molar-refractivity contribution < 1.29 is 14.4 Å². The van der Waals surface area contributed by atoms with Crippen LogP contribution in [0.3, 0.4) is 0 Å². The number of rotatable bonds is 7. The van der Waals surface area contributed by atoms with Gasteiger partial charge in [0.2, 0.25) is 11.8 Å². The maximum atomic E-state index is 11.9. The number of nitrogens with one attached hydrogen (secondary N) is 2. The Morgan fingerprint density at radius 3 is 2.17 bits per heavy atom. The van der Waals surface area contributed by atoms with Gasteiger partial charge in [0.25, 0.3) is 0 Å². The molecular formula is C16H24N4O3. The molecule has 0 atom stereocenters. The first-order chi connectivity index (χ1) is 11.0. The highest BCUT2D eigenvalue weighted by Gasteiger charge is 2.15. The molecule has 0 radical (unpaired) electrons. The second-order valence-electron chi connectivity index (χ2n) is 5.11. The van der Waals surface area contributed by atoms with Crippen molar-refractivity contribution >= 4 is 23.5 Å². The van der Waals surface area contributed by atoms with Gasteiger partial charge in [-0.1, -0.05) is 18.2 Å². The molecule has 0 saturated heterocycles. The topological polar surface area (TPSA) is 81.8 Å². The number of hydrogen-bond donors (Lipinski definition) is 2. The van der Waals surface area contributed by atoms with E-state index >= 15 is 0 Å². The van der Waals surface area contributed by atoms with Crippen molar-refractivity contribution in [2.24, 2.45) is 0 Å². The molecule has 0 unspecified atom stereocenters. The number of hydrogen-bond acceptors (Lipinski definition) is 4. The Labute approximate surface area is 136 Å². The molecule has 2 N–H and O–H groups in total. The lowest BCUT2D eigenvalue weighted by Crippen LogP contribution is -2.44. The predicted octanol–water partition coefficient (Wildman–Crippen LogP) is 1.13. The van der Waals surface area contributed by atoms with Crippen molar-refractivity contribution in [3.8, 4) is 0 Å². The summed E-state index contributed by atoms with van der Waals surface area (Å²) in [5.41, 5.74) is 0.600. The lowest BCUT2D eigenvalue weighted by Gasteiger charge is -2.22.